The van der Waals surface area contributed by atoms with E-state index in [2.05, 4.69) is 44.2 Å². The molecule has 0 saturated carbocycles. The molecule has 0 N–H and O–H groups in total. The summed E-state index contributed by atoms with van der Waals surface area (Å²) in [4.78, 5) is 0. The van der Waals surface area contributed by atoms with E-state index in [0.29, 0.717) is 0 Å². The third kappa shape index (κ3) is 3.49. The summed E-state index contributed by atoms with van der Waals surface area (Å²) in [6.45, 7) is 6.31. The minimum Gasteiger partial charge on any atom is -0.496 e. The average molecular weight is 293 g/mol. The number of nitriles is 1. The normalized spacial score (nSPS) is 15.0. The van der Waals surface area contributed by atoms with Gasteiger partial charge in [0.1, 0.15) is 5.75 Å². The molecule has 0 spiro atoms. The van der Waals surface area contributed by atoms with Gasteiger partial charge in [0.25, 0.3) is 0 Å². The molecule has 0 radical (unpaired) electrons. The van der Waals surface area contributed by atoms with E-state index in [-0.39, 0.29) is 0 Å². The van der Waals surface area contributed by atoms with Crippen molar-refractivity contribution in [2.45, 2.75) is 40.0 Å². The molecule has 114 valence electrons. The van der Waals surface area contributed by atoms with E-state index >= 15 is 0 Å². The van der Waals surface area contributed by atoms with Gasteiger partial charge in [-0.15, -0.1) is 0 Å². The summed E-state index contributed by atoms with van der Waals surface area (Å²) in [5.41, 5.74) is 6.56. The van der Waals surface area contributed by atoms with Crippen LogP contribution in [0.3, 0.4) is 0 Å². The maximum Gasteiger partial charge on any atom is 0.129 e. The van der Waals surface area contributed by atoms with Crippen LogP contribution in [-0.4, -0.2) is 7.11 Å². The fourth-order valence-corrected chi connectivity index (χ4v) is 2.79. The summed E-state index contributed by atoms with van der Waals surface area (Å²) in [6.07, 6.45) is 9.06. The molecule has 0 aliphatic heterocycles. The Labute approximate surface area is 133 Å². The van der Waals surface area contributed by atoms with Crippen molar-refractivity contribution in [3.8, 4) is 11.8 Å². The molecular weight excluding hydrogens is 270 g/mol. The fourth-order valence-electron chi connectivity index (χ4n) is 2.79. The molecule has 0 unspecified atom stereocenters. The molecule has 0 bridgehead atoms. The van der Waals surface area contributed by atoms with Crippen LogP contribution in [0.1, 0.15) is 43.4 Å². The molecule has 2 nitrogen and oxygen atoms in total. The number of aryl methyl sites for hydroxylation is 2. The molecule has 0 amide bonds. The monoisotopic (exact) mass is 293 g/mol. The van der Waals surface area contributed by atoms with Crippen molar-refractivity contribution in [2.75, 3.05) is 7.11 Å². The maximum absolute atomic E-state index is 9.54. The van der Waals surface area contributed by atoms with Crippen LogP contribution < -0.4 is 4.74 Å². The lowest BCUT2D eigenvalue weighted by molar-refractivity contribution is 0.410. The molecular formula is C20H23NO. The highest BCUT2D eigenvalue weighted by Gasteiger charge is 2.12. The number of methoxy groups -OCH3 is 1. The van der Waals surface area contributed by atoms with Crippen molar-refractivity contribution in [3.63, 3.8) is 0 Å². The van der Waals surface area contributed by atoms with Crippen LogP contribution in [0, 0.1) is 18.3 Å². The highest BCUT2D eigenvalue weighted by atomic mass is 16.5. The zero-order chi connectivity index (χ0) is 16.1. The summed E-state index contributed by atoms with van der Waals surface area (Å²) in [7, 11) is 1.68. The van der Waals surface area contributed by atoms with Gasteiger partial charge in [0, 0.05) is 5.56 Å². The van der Waals surface area contributed by atoms with Gasteiger partial charge in [-0.2, -0.15) is 5.26 Å². The summed E-state index contributed by atoms with van der Waals surface area (Å²) in [6, 6.07) is 6.62. The van der Waals surface area contributed by atoms with E-state index in [9.17, 15) is 5.26 Å². The summed E-state index contributed by atoms with van der Waals surface area (Å²) >= 11 is 0. The zero-order valence-corrected chi connectivity index (χ0v) is 13.9. The maximum atomic E-state index is 9.54. The lowest BCUT2D eigenvalue weighted by Gasteiger charge is -2.14. The number of rotatable bonds is 4. The van der Waals surface area contributed by atoms with Gasteiger partial charge in [0.05, 0.1) is 18.8 Å². The summed E-state index contributed by atoms with van der Waals surface area (Å²) in [5.74, 6) is 0.855. The van der Waals surface area contributed by atoms with Gasteiger partial charge >= 0.3 is 0 Å². The van der Waals surface area contributed by atoms with Crippen LogP contribution in [0.25, 0.3) is 6.08 Å². The average Bonchev–Trinajstić information content (AvgIpc) is 2.53. The topological polar surface area (TPSA) is 33.0 Å². The standard InChI is InChI=1S/C20H23NO/c1-5-16-10-15(3)20(22-4)18(11-16)12-19(13-21)17-8-6-14(2)7-9-17/h6,8,10-12H,5,7,9H2,1-4H3. The van der Waals surface area contributed by atoms with Crippen LogP contribution in [-0.2, 0) is 6.42 Å². The fraction of sp³-hybridized carbons (Fsp3) is 0.350. The van der Waals surface area contributed by atoms with Crippen LogP contribution in [0.2, 0.25) is 0 Å². The smallest absolute Gasteiger partial charge is 0.129 e. The van der Waals surface area contributed by atoms with Crippen molar-refractivity contribution in [3.05, 3.63) is 57.7 Å². The lowest BCUT2D eigenvalue weighted by Crippen LogP contribution is -1.97. The number of allylic oxidation sites excluding steroid dienone is 5. The SMILES string of the molecule is CCc1cc(C)c(OC)c(C=C(C#N)C2=CC=C(C)CC2)c1. The molecule has 2 heteroatoms. The van der Waals surface area contributed by atoms with E-state index in [1.807, 2.05) is 13.0 Å². The Bertz CT molecular complexity index is 699. The van der Waals surface area contributed by atoms with Gasteiger partial charge in [-0.3, -0.25) is 0 Å². The number of nitrogens with zero attached hydrogens (tertiary/aromatic N) is 1. The van der Waals surface area contributed by atoms with Crippen LogP contribution in [0.5, 0.6) is 5.75 Å². The van der Waals surface area contributed by atoms with E-state index in [4.69, 9.17) is 4.74 Å². The van der Waals surface area contributed by atoms with Crippen LogP contribution >= 0.6 is 0 Å². The second-order valence-electron chi connectivity index (χ2n) is 5.76. The number of benzene rings is 1. The Hall–Kier alpha value is -2.27. The minimum absolute atomic E-state index is 0.731. The highest BCUT2D eigenvalue weighted by Crippen LogP contribution is 2.31. The summed E-state index contributed by atoms with van der Waals surface area (Å²) < 4.78 is 5.54. The Morgan fingerprint density at radius 2 is 2.05 bits per heavy atom. The van der Waals surface area contributed by atoms with Crippen LogP contribution in [0.4, 0.5) is 0 Å². The van der Waals surface area contributed by atoms with Crippen LogP contribution in [0.15, 0.2) is 41.0 Å². The largest absolute Gasteiger partial charge is 0.496 e. The molecule has 0 atom stereocenters. The van der Waals surface area contributed by atoms with Crippen molar-refractivity contribution in [1.29, 1.82) is 5.26 Å². The Morgan fingerprint density at radius 1 is 1.27 bits per heavy atom. The Morgan fingerprint density at radius 3 is 2.59 bits per heavy atom. The number of hydrogen-bond acceptors (Lipinski definition) is 2. The molecule has 1 aromatic rings. The number of hydrogen-bond donors (Lipinski definition) is 0. The predicted octanol–water partition coefficient (Wildman–Crippen LogP) is 5.14. The van der Waals surface area contributed by atoms with E-state index < -0.39 is 0 Å². The van der Waals surface area contributed by atoms with Gasteiger partial charge < -0.3 is 4.74 Å². The number of ether oxygens (including phenoxy) is 1. The van der Waals surface area contributed by atoms with Crippen molar-refractivity contribution >= 4 is 6.08 Å². The molecule has 0 aromatic heterocycles. The molecule has 1 aliphatic rings. The second-order valence-corrected chi connectivity index (χ2v) is 5.76. The first-order valence-corrected chi connectivity index (χ1v) is 7.75. The van der Waals surface area contributed by atoms with E-state index in [0.717, 1.165) is 47.3 Å². The molecule has 2 rings (SSSR count). The van der Waals surface area contributed by atoms with E-state index in [1.54, 1.807) is 7.11 Å². The second kappa shape index (κ2) is 7.13. The first kappa shape index (κ1) is 16.1. The van der Waals surface area contributed by atoms with Gasteiger partial charge in [-0.25, -0.2) is 0 Å². The van der Waals surface area contributed by atoms with Gasteiger partial charge in [-0.05, 0) is 62.0 Å². The molecule has 1 aromatic carbocycles. The third-order valence-corrected chi connectivity index (χ3v) is 4.10. The first-order chi connectivity index (χ1) is 10.6. The van der Waals surface area contributed by atoms with Crippen molar-refractivity contribution in [2.24, 2.45) is 0 Å². The molecule has 1 aliphatic carbocycles. The van der Waals surface area contributed by atoms with Gasteiger partial charge in [0.2, 0.25) is 0 Å². The lowest BCUT2D eigenvalue weighted by atomic mass is 9.92. The molecule has 0 fully saturated rings. The van der Waals surface area contributed by atoms with Crippen molar-refractivity contribution < 1.29 is 4.74 Å². The third-order valence-electron chi connectivity index (χ3n) is 4.10. The van der Waals surface area contributed by atoms with Gasteiger partial charge in [0.15, 0.2) is 0 Å². The highest BCUT2D eigenvalue weighted by molar-refractivity contribution is 5.70. The zero-order valence-electron chi connectivity index (χ0n) is 13.9. The van der Waals surface area contributed by atoms with Crippen molar-refractivity contribution in [1.82, 2.24) is 0 Å². The minimum atomic E-state index is 0.731. The predicted molar refractivity (Wildman–Crippen MR) is 91.8 cm³/mol. The first-order valence-electron chi connectivity index (χ1n) is 7.75. The summed E-state index contributed by atoms with van der Waals surface area (Å²) in [5, 5.41) is 9.54. The molecule has 0 saturated heterocycles. The quantitative estimate of drug-likeness (QED) is 0.720. The Balaban J connectivity index is 2.50. The molecule has 22 heavy (non-hydrogen) atoms. The molecule has 0 heterocycles. The Kier molecular flexibility index (Phi) is 5.22. The van der Waals surface area contributed by atoms with E-state index in [1.165, 1.54) is 11.1 Å². The van der Waals surface area contributed by atoms with Gasteiger partial charge in [-0.1, -0.05) is 30.7 Å².